The molecule has 19 heavy (non-hydrogen) atoms. The zero-order chi connectivity index (χ0) is 14.0. The number of benzene rings is 1. The third kappa shape index (κ3) is 2.68. The van der Waals surface area contributed by atoms with Crippen LogP contribution in [0.25, 0.3) is 0 Å². The Morgan fingerprint density at radius 2 is 2.32 bits per heavy atom. The van der Waals surface area contributed by atoms with Crippen molar-refractivity contribution in [3.63, 3.8) is 0 Å². The molecule has 1 aromatic rings. The van der Waals surface area contributed by atoms with Crippen LogP contribution in [0.15, 0.2) is 18.2 Å². The van der Waals surface area contributed by atoms with Crippen LogP contribution in [0.4, 0.5) is 11.4 Å². The minimum absolute atomic E-state index is 0.0963. The molecule has 6 nitrogen and oxygen atoms in total. The van der Waals surface area contributed by atoms with E-state index in [1.165, 1.54) is 11.0 Å². The number of nitrogens with zero attached hydrogens (tertiary/aromatic N) is 1. The first kappa shape index (κ1) is 13.4. The molecule has 1 fully saturated rings. The fourth-order valence-electron chi connectivity index (χ4n) is 2.06. The Morgan fingerprint density at radius 1 is 1.58 bits per heavy atom. The number of rotatable bonds is 3. The molecule has 1 aromatic carbocycles. The number of ether oxygens (including phenoxy) is 1. The molecule has 6 heteroatoms. The van der Waals surface area contributed by atoms with Crippen molar-refractivity contribution in [1.82, 2.24) is 0 Å². The molecule has 102 valence electrons. The predicted octanol–water partition coefficient (Wildman–Crippen LogP) is 0.543. The summed E-state index contributed by atoms with van der Waals surface area (Å²) in [5, 5.41) is 9.46. The number of aliphatic hydroxyl groups excluding tert-OH is 1. The van der Waals surface area contributed by atoms with Gasteiger partial charge in [0.2, 0.25) is 5.91 Å². The molecular formula is C13H16N2O4. The van der Waals surface area contributed by atoms with Crippen LogP contribution < -0.4 is 10.6 Å². The lowest BCUT2D eigenvalue weighted by Crippen LogP contribution is -2.26. The number of carbonyl (C=O) groups excluding carboxylic acids is 2. The van der Waals surface area contributed by atoms with E-state index >= 15 is 0 Å². The van der Waals surface area contributed by atoms with Gasteiger partial charge in [-0.3, -0.25) is 4.79 Å². The van der Waals surface area contributed by atoms with Gasteiger partial charge >= 0.3 is 5.97 Å². The second kappa shape index (κ2) is 5.27. The summed E-state index contributed by atoms with van der Waals surface area (Å²) in [6.07, 6.45) is -0.573. The lowest BCUT2D eigenvalue weighted by molar-refractivity contribution is -0.117. The van der Waals surface area contributed by atoms with Crippen molar-refractivity contribution < 1.29 is 19.4 Å². The summed E-state index contributed by atoms with van der Waals surface area (Å²) < 4.78 is 4.87. The first-order chi connectivity index (χ1) is 9.02. The third-order valence-electron chi connectivity index (χ3n) is 2.93. The van der Waals surface area contributed by atoms with Gasteiger partial charge in [-0.05, 0) is 25.1 Å². The summed E-state index contributed by atoms with van der Waals surface area (Å²) in [5.41, 5.74) is 7.02. The first-order valence-corrected chi connectivity index (χ1v) is 6.08. The maximum absolute atomic E-state index is 11.7. The van der Waals surface area contributed by atoms with Crippen LogP contribution in [-0.2, 0) is 9.53 Å². The van der Waals surface area contributed by atoms with Gasteiger partial charge in [0.25, 0.3) is 0 Å². The normalized spacial score (nSPS) is 18.7. The van der Waals surface area contributed by atoms with E-state index in [0.717, 1.165) is 0 Å². The van der Waals surface area contributed by atoms with Crippen LogP contribution in [0, 0.1) is 0 Å². The van der Waals surface area contributed by atoms with E-state index < -0.39 is 12.1 Å². The van der Waals surface area contributed by atoms with Gasteiger partial charge in [-0.1, -0.05) is 0 Å². The lowest BCUT2D eigenvalue weighted by atomic mass is 10.1. The molecule has 1 saturated heterocycles. The third-order valence-corrected chi connectivity index (χ3v) is 2.93. The van der Waals surface area contributed by atoms with Crippen LogP contribution in [0.2, 0.25) is 0 Å². The standard InChI is InChI=1S/C13H16N2O4/c1-2-19-13(18)8-3-4-11(10(14)5-8)15-7-9(16)6-12(15)17/h3-5,9,16H,2,6-7,14H2,1H3. The van der Waals surface area contributed by atoms with E-state index in [-0.39, 0.29) is 25.5 Å². The molecule has 0 saturated carbocycles. The zero-order valence-corrected chi connectivity index (χ0v) is 10.6. The summed E-state index contributed by atoms with van der Waals surface area (Å²) in [7, 11) is 0. The topological polar surface area (TPSA) is 92.9 Å². The van der Waals surface area contributed by atoms with Crippen LogP contribution in [-0.4, -0.2) is 36.2 Å². The number of anilines is 2. The molecular weight excluding hydrogens is 248 g/mol. The Bertz CT molecular complexity index is 515. The van der Waals surface area contributed by atoms with Crippen molar-refractivity contribution >= 4 is 23.3 Å². The molecule has 1 amide bonds. The number of amides is 1. The molecule has 0 radical (unpaired) electrons. The molecule has 1 unspecified atom stereocenters. The van der Waals surface area contributed by atoms with Gasteiger partial charge in [0, 0.05) is 0 Å². The van der Waals surface area contributed by atoms with Gasteiger partial charge in [-0.2, -0.15) is 0 Å². The van der Waals surface area contributed by atoms with Gasteiger partial charge in [-0.25, -0.2) is 4.79 Å². The predicted molar refractivity (Wildman–Crippen MR) is 69.8 cm³/mol. The van der Waals surface area contributed by atoms with Crippen LogP contribution in [0.3, 0.4) is 0 Å². The number of carbonyl (C=O) groups is 2. The van der Waals surface area contributed by atoms with Gasteiger partial charge in [-0.15, -0.1) is 0 Å². The lowest BCUT2D eigenvalue weighted by Gasteiger charge is -2.18. The molecule has 0 bridgehead atoms. The summed E-state index contributed by atoms with van der Waals surface area (Å²) >= 11 is 0. The highest BCUT2D eigenvalue weighted by molar-refractivity contribution is 6.00. The molecule has 0 aliphatic carbocycles. The molecule has 1 heterocycles. The minimum atomic E-state index is -0.670. The molecule has 0 spiro atoms. The average molecular weight is 264 g/mol. The summed E-state index contributed by atoms with van der Waals surface area (Å²) in [5.74, 6) is -0.628. The van der Waals surface area contributed by atoms with Crippen molar-refractivity contribution in [3.8, 4) is 0 Å². The maximum Gasteiger partial charge on any atom is 0.338 e. The fraction of sp³-hybridized carbons (Fsp3) is 0.385. The molecule has 1 aliphatic rings. The smallest absolute Gasteiger partial charge is 0.338 e. The Kier molecular flexibility index (Phi) is 3.71. The van der Waals surface area contributed by atoms with Gasteiger partial charge in [0.1, 0.15) is 0 Å². The van der Waals surface area contributed by atoms with E-state index in [0.29, 0.717) is 16.9 Å². The Hall–Kier alpha value is -2.08. The van der Waals surface area contributed by atoms with Crippen LogP contribution in [0.1, 0.15) is 23.7 Å². The minimum Gasteiger partial charge on any atom is -0.462 e. The number of β-amino-alcohol motifs (C(OH)–C–C–N with tert-alkyl or cyclic N) is 1. The zero-order valence-electron chi connectivity index (χ0n) is 10.6. The number of nitrogen functional groups attached to an aromatic ring is 1. The number of hydrogen-bond donors (Lipinski definition) is 2. The van der Waals surface area contributed by atoms with E-state index in [2.05, 4.69) is 0 Å². The van der Waals surface area contributed by atoms with E-state index in [1.807, 2.05) is 0 Å². The first-order valence-electron chi connectivity index (χ1n) is 6.08. The monoisotopic (exact) mass is 264 g/mol. The number of esters is 1. The highest BCUT2D eigenvalue weighted by Gasteiger charge is 2.30. The second-order valence-electron chi connectivity index (χ2n) is 4.36. The molecule has 3 N–H and O–H groups in total. The maximum atomic E-state index is 11.7. The Labute approximate surface area is 110 Å². The Balaban J connectivity index is 2.25. The van der Waals surface area contributed by atoms with Gasteiger partial charge in [0.05, 0.1) is 42.6 Å². The van der Waals surface area contributed by atoms with Crippen molar-refractivity contribution in [2.45, 2.75) is 19.4 Å². The van der Waals surface area contributed by atoms with Crippen molar-refractivity contribution in [1.29, 1.82) is 0 Å². The molecule has 1 atom stereocenters. The van der Waals surface area contributed by atoms with Gasteiger partial charge < -0.3 is 20.5 Å². The molecule has 2 rings (SSSR count). The quantitative estimate of drug-likeness (QED) is 0.614. The van der Waals surface area contributed by atoms with E-state index in [4.69, 9.17) is 10.5 Å². The number of hydrogen-bond acceptors (Lipinski definition) is 5. The van der Waals surface area contributed by atoms with Crippen molar-refractivity contribution in [2.24, 2.45) is 0 Å². The van der Waals surface area contributed by atoms with Gasteiger partial charge in [0.15, 0.2) is 0 Å². The summed E-state index contributed by atoms with van der Waals surface area (Å²) in [6.45, 7) is 2.24. The number of nitrogens with two attached hydrogens (primary N) is 1. The highest BCUT2D eigenvalue weighted by atomic mass is 16.5. The average Bonchev–Trinajstić information content (AvgIpc) is 2.68. The van der Waals surface area contributed by atoms with Crippen LogP contribution in [0.5, 0.6) is 0 Å². The van der Waals surface area contributed by atoms with E-state index in [9.17, 15) is 14.7 Å². The van der Waals surface area contributed by atoms with Crippen molar-refractivity contribution in [3.05, 3.63) is 23.8 Å². The highest BCUT2D eigenvalue weighted by Crippen LogP contribution is 2.28. The second-order valence-corrected chi connectivity index (χ2v) is 4.36. The summed E-state index contributed by atoms with van der Waals surface area (Å²) in [4.78, 5) is 24.7. The number of aliphatic hydroxyl groups is 1. The fourth-order valence-corrected chi connectivity index (χ4v) is 2.06. The van der Waals surface area contributed by atoms with Crippen molar-refractivity contribution in [2.75, 3.05) is 23.8 Å². The Morgan fingerprint density at radius 3 is 2.84 bits per heavy atom. The van der Waals surface area contributed by atoms with Crippen LogP contribution >= 0.6 is 0 Å². The largest absolute Gasteiger partial charge is 0.462 e. The molecule has 0 aromatic heterocycles. The van der Waals surface area contributed by atoms with E-state index in [1.54, 1.807) is 19.1 Å². The summed E-state index contributed by atoms with van der Waals surface area (Å²) in [6, 6.07) is 4.63. The SMILES string of the molecule is CCOC(=O)c1ccc(N2CC(O)CC2=O)c(N)c1. The molecule has 1 aliphatic heterocycles.